The molecule has 0 spiro atoms. The number of hydrogen-bond donors (Lipinski definition) is 1. The third-order valence-electron chi connectivity index (χ3n) is 6.67. The summed E-state index contributed by atoms with van der Waals surface area (Å²) in [6.07, 6.45) is -2.25. The van der Waals surface area contributed by atoms with E-state index in [9.17, 15) is 22.4 Å². The highest BCUT2D eigenvalue weighted by atomic mass is 19.4. The number of nitrogens with zero attached hydrogens (tertiary/aromatic N) is 5. The maximum atomic E-state index is 14.1. The number of benzene rings is 2. The van der Waals surface area contributed by atoms with Crippen molar-refractivity contribution in [1.82, 2.24) is 24.4 Å². The molecule has 13 heteroatoms. The molecule has 1 atom stereocenters. The predicted molar refractivity (Wildman–Crippen MR) is 148 cm³/mol. The third kappa shape index (κ3) is 6.24. The number of likely N-dealkylation sites (tertiary alicyclic amines) is 1. The summed E-state index contributed by atoms with van der Waals surface area (Å²) in [7, 11) is 1.49. The molecule has 1 fully saturated rings. The average Bonchev–Trinajstić information content (AvgIpc) is 3.31. The van der Waals surface area contributed by atoms with Gasteiger partial charge in [-0.25, -0.2) is 19.2 Å². The average molecular weight is 587 g/mol. The number of aromatic nitrogens is 4. The SMILES string of the molecule is COc1ccc2c(c1)nc(-c1ccc(F)c(C(F)(F)F)c1)n2-c1ccnc(NC2CCCN(C(=O)OC(C)(C)C)C2)n1. The van der Waals surface area contributed by atoms with Crippen molar-refractivity contribution in [2.45, 2.75) is 51.4 Å². The number of alkyl halides is 3. The monoisotopic (exact) mass is 586 g/mol. The van der Waals surface area contributed by atoms with Gasteiger partial charge in [-0.1, -0.05) is 0 Å². The molecule has 2 aromatic heterocycles. The summed E-state index contributed by atoms with van der Waals surface area (Å²) in [5.74, 6) is -0.155. The molecule has 1 amide bonds. The van der Waals surface area contributed by atoms with Gasteiger partial charge in [-0.3, -0.25) is 4.57 Å². The second-order valence-corrected chi connectivity index (χ2v) is 11.0. The predicted octanol–water partition coefficient (Wildman–Crippen LogP) is 6.46. The fraction of sp³-hybridized carbons (Fsp3) is 0.379. The van der Waals surface area contributed by atoms with Crippen molar-refractivity contribution in [3.05, 3.63) is 60.0 Å². The zero-order chi connectivity index (χ0) is 30.2. The summed E-state index contributed by atoms with van der Waals surface area (Å²) >= 11 is 0. The van der Waals surface area contributed by atoms with Crippen LogP contribution in [0.15, 0.2) is 48.7 Å². The van der Waals surface area contributed by atoms with Crippen LogP contribution in [-0.4, -0.2) is 62.4 Å². The molecule has 1 saturated heterocycles. The summed E-state index contributed by atoms with van der Waals surface area (Å²) in [5, 5.41) is 3.27. The van der Waals surface area contributed by atoms with Crippen molar-refractivity contribution in [1.29, 1.82) is 0 Å². The number of methoxy groups -OCH3 is 1. The Hall–Kier alpha value is -4.42. The van der Waals surface area contributed by atoms with Gasteiger partial charge in [0.05, 0.1) is 23.7 Å². The van der Waals surface area contributed by atoms with E-state index >= 15 is 0 Å². The highest BCUT2D eigenvalue weighted by Crippen LogP contribution is 2.36. The minimum atomic E-state index is -4.89. The van der Waals surface area contributed by atoms with Gasteiger partial charge in [0.25, 0.3) is 0 Å². The summed E-state index contributed by atoms with van der Waals surface area (Å²) in [6.45, 7) is 6.38. The topological polar surface area (TPSA) is 94.4 Å². The van der Waals surface area contributed by atoms with E-state index in [1.807, 2.05) is 20.8 Å². The van der Waals surface area contributed by atoms with E-state index in [1.54, 1.807) is 33.7 Å². The molecular weight excluding hydrogens is 556 g/mol. The molecule has 5 rings (SSSR count). The van der Waals surface area contributed by atoms with Crippen molar-refractivity contribution in [2.75, 3.05) is 25.5 Å². The van der Waals surface area contributed by atoms with Gasteiger partial charge in [-0.15, -0.1) is 0 Å². The molecule has 222 valence electrons. The van der Waals surface area contributed by atoms with E-state index < -0.39 is 29.3 Å². The number of rotatable bonds is 5. The molecular formula is C29H30F4N6O3. The number of anilines is 1. The van der Waals surface area contributed by atoms with E-state index in [1.165, 1.54) is 19.4 Å². The molecule has 1 aliphatic heterocycles. The van der Waals surface area contributed by atoms with E-state index in [0.29, 0.717) is 35.7 Å². The first-order valence-corrected chi connectivity index (χ1v) is 13.3. The Morgan fingerprint density at radius 2 is 1.86 bits per heavy atom. The third-order valence-corrected chi connectivity index (χ3v) is 6.67. The van der Waals surface area contributed by atoms with Gasteiger partial charge >= 0.3 is 12.3 Å². The molecule has 2 aromatic carbocycles. The maximum Gasteiger partial charge on any atom is 0.419 e. The zero-order valence-corrected chi connectivity index (χ0v) is 23.5. The number of nitrogens with one attached hydrogen (secondary N) is 1. The van der Waals surface area contributed by atoms with Crippen LogP contribution >= 0.6 is 0 Å². The fourth-order valence-corrected chi connectivity index (χ4v) is 4.81. The molecule has 42 heavy (non-hydrogen) atoms. The number of halogens is 4. The number of hydrogen-bond acceptors (Lipinski definition) is 7. The van der Waals surface area contributed by atoms with E-state index in [2.05, 4.69) is 20.3 Å². The lowest BCUT2D eigenvalue weighted by Gasteiger charge is -2.34. The highest BCUT2D eigenvalue weighted by Gasteiger charge is 2.35. The summed E-state index contributed by atoms with van der Waals surface area (Å²) in [5.41, 5.74) is -0.978. The van der Waals surface area contributed by atoms with Crippen molar-refractivity contribution in [2.24, 2.45) is 0 Å². The van der Waals surface area contributed by atoms with Gasteiger partial charge in [0.2, 0.25) is 5.95 Å². The standard InChI is InChI=1S/C29H30F4N6O3/c1-28(2,3)42-27(40)38-13-5-6-18(16-38)35-26-34-12-11-24(37-26)39-23-10-8-19(41-4)15-22(23)36-25(39)17-7-9-21(30)20(14-17)29(31,32)33/h7-12,14-15,18H,5-6,13,16H2,1-4H3,(H,34,35,37). The number of amides is 1. The number of fused-ring (bicyclic) bond motifs is 1. The molecule has 1 unspecified atom stereocenters. The Kier molecular flexibility index (Phi) is 7.69. The number of carbonyl (C=O) groups is 1. The number of carbonyl (C=O) groups excluding carboxylic acids is 1. The van der Waals surface area contributed by atoms with Crippen LogP contribution in [0.2, 0.25) is 0 Å². The smallest absolute Gasteiger partial charge is 0.419 e. The Balaban J connectivity index is 1.51. The molecule has 0 radical (unpaired) electrons. The maximum absolute atomic E-state index is 14.1. The lowest BCUT2D eigenvalue weighted by Crippen LogP contribution is -2.47. The van der Waals surface area contributed by atoms with Crippen LogP contribution in [0.1, 0.15) is 39.2 Å². The molecule has 4 aromatic rings. The minimum Gasteiger partial charge on any atom is -0.497 e. The van der Waals surface area contributed by atoms with Crippen molar-refractivity contribution >= 4 is 23.1 Å². The van der Waals surface area contributed by atoms with Gasteiger partial charge in [0.1, 0.15) is 28.8 Å². The van der Waals surface area contributed by atoms with Crippen molar-refractivity contribution in [3.8, 4) is 23.0 Å². The summed E-state index contributed by atoms with van der Waals surface area (Å²) < 4.78 is 67.2. The first-order chi connectivity index (χ1) is 19.8. The largest absolute Gasteiger partial charge is 0.497 e. The molecule has 0 bridgehead atoms. The minimum absolute atomic E-state index is 0.0484. The molecule has 0 aliphatic carbocycles. The second-order valence-electron chi connectivity index (χ2n) is 11.0. The fourth-order valence-electron chi connectivity index (χ4n) is 4.81. The Morgan fingerprint density at radius 3 is 2.57 bits per heavy atom. The number of imidazole rings is 1. The van der Waals surface area contributed by atoms with Crippen LogP contribution in [0.4, 0.5) is 28.3 Å². The van der Waals surface area contributed by atoms with Crippen molar-refractivity contribution < 1.29 is 31.8 Å². The number of ether oxygens (including phenoxy) is 2. The molecule has 1 N–H and O–H groups in total. The van der Waals surface area contributed by atoms with Gasteiger partial charge < -0.3 is 19.7 Å². The van der Waals surface area contributed by atoms with Crippen molar-refractivity contribution in [3.63, 3.8) is 0 Å². The number of piperidine rings is 1. The van der Waals surface area contributed by atoms with Crippen LogP contribution in [0.25, 0.3) is 28.2 Å². The van der Waals surface area contributed by atoms with Crippen LogP contribution in [0.3, 0.4) is 0 Å². The van der Waals surface area contributed by atoms with Crippen LogP contribution in [0, 0.1) is 5.82 Å². The first kappa shape index (κ1) is 29.1. The molecule has 3 heterocycles. The van der Waals surface area contributed by atoms with E-state index in [-0.39, 0.29) is 23.4 Å². The van der Waals surface area contributed by atoms with E-state index in [0.717, 1.165) is 25.0 Å². The Bertz CT molecular complexity index is 1620. The first-order valence-electron chi connectivity index (χ1n) is 13.3. The van der Waals surface area contributed by atoms with Crippen LogP contribution < -0.4 is 10.1 Å². The Labute approximate surface area is 239 Å². The van der Waals surface area contributed by atoms with Crippen LogP contribution in [0.5, 0.6) is 5.75 Å². The summed E-state index contributed by atoms with van der Waals surface area (Å²) in [6, 6.07) is 9.26. The zero-order valence-electron chi connectivity index (χ0n) is 23.5. The van der Waals surface area contributed by atoms with Gasteiger partial charge in [0, 0.05) is 37.0 Å². The molecule has 1 aliphatic rings. The molecule has 0 saturated carbocycles. The Morgan fingerprint density at radius 1 is 1.07 bits per heavy atom. The quantitative estimate of drug-likeness (QED) is 0.268. The second kappa shape index (κ2) is 11.1. The summed E-state index contributed by atoms with van der Waals surface area (Å²) in [4.78, 5) is 27.8. The van der Waals surface area contributed by atoms with Crippen LogP contribution in [-0.2, 0) is 10.9 Å². The van der Waals surface area contributed by atoms with Gasteiger partial charge in [-0.05, 0) is 70.0 Å². The lowest BCUT2D eigenvalue weighted by atomic mass is 10.1. The van der Waals surface area contributed by atoms with Gasteiger partial charge in [0.15, 0.2) is 0 Å². The highest BCUT2D eigenvalue weighted by molar-refractivity contribution is 5.84. The van der Waals surface area contributed by atoms with E-state index in [4.69, 9.17) is 9.47 Å². The van der Waals surface area contributed by atoms with Gasteiger partial charge in [-0.2, -0.15) is 18.2 Å². The molecule has 9 nitrogen and oxygen atoms in total. The lowest BCUT2D eigenvalue weighted by molar-refractivity contribution is -0.139. The normalized spacial score (nSPS) is 16.0.